The molecule has 0 saturated heterocycles. The molecule has 0 aromatic rings. The molecule has 1 heterocycles. The second kappa shape index (κ2) is 9.46. The monoisotopic (exact) mass is 523 g/mol. The molecular weight excluding hydrogens is 482 g/mol. The summed E-state index contributed by atoms with van der Waals surface area (Å²) in [7, 11) is -4.60. The van der Waals surface area contributed by atoms with Gasteiger partial charge in [-0.05, 0) is 90.9 Å². The third kappa shape index (κ3) is 4.97. The van der Waals surface area contributed by atoms with Crippen LogP contribution in [0.2, 0.25) is 0 Å². The number of nitrogens with zero attached hydrogens (tertiary/aromatic N) is 1. The molecule has 0 radical (unpaired) electrons. The van der Waals surface area contributed by atoms with Crippen molar-refractivity contribution in [1.82, 2.24) is 4.90 Å². The van der Waals surface area contributed by atoms with Gasteiger partial charge < -0.3 is 14.2 Å². The van der Waals surface area contributed by atoms with E-state index in [4.69, 9.17) is 9.29 Å². The Morgan fingerprint density at radius 1 is 1.14 bits per heavy atom. The fraction of sp³-hybridized carbons (Fsp3) is 0.778. The topological polar surface area (TPSA) is 121 Å². The molecule has 0 spiro atoms. The first-order chi connectivity index (χ1) is 16.7. The number of hydrogen-bond acceptors (Lipinski definition) is 5. The Morgan fingerprint density at radius 3 is 2.53 bits per heavy atom. The van der Waals surface area contributed by atoms with E-state index in [2.05, 4.69) is 27.7 Å². The van der Waals surface area contributed by atoms with Gasteiger partial charge in [0.25, 0.3) is 0 Å². The SMILES string of the molecule is CC1(C)CCC[C@]2(C)[C@@H]3CC/C(=C\OS(=O)(=O)O)[C@H](CCC4=CCN(CC(=O)O)C4=O)[C@@]3(C)CC[C@H]12. The van der Waals surface area contributed by atoms with Crippen LogP contribution in [-0.2, 0) is 24.2 Å². The molecule has 0 aromatic carbocycles. The molecule has 1 amide bonds. The van der Waals surface area contributed by atoms with Crippen LogP contribution in [0.3, 0.4) is 0 Å². The molecule has 9 heteroatoms. The van der Waals surface area contributed by atoms with Crippen LogP contribution in [0, 0.1) is 34.0 Å². The van der Waals surface area contributed by atoms with E-state index in [1.165, 1.54) is 30.4 Å². The summed E-state index contributed by atoms with van der Waals surface area (Å²) >= 11 is 0. The van der Waals surface area contributed by atoms with Crippen LogP contribution in [0.1, 0.15) is 85.5 Å². The molecule has 5 atom stereocenters. The Kier molecular flexibility index (Phi) is 7.14. The molecule has 202 valence electrons. The Bertz CT molecular complexity index is 1080. The van der Waals surface area contributed by atoms with Crippen LogP contribution in [0.4, 0.5) is 0 Å². The Morgan fingerprint density at radius 2 is 1.86 bits per heavy atom. The van der Waals surface area contributed by atoms with Gasteiger partial charge in [-0.25, -0.2) is 0 Å². The van der Waals surface area contributed by atoms with Gasteiger partial charge >= 0.3 is 16.4 Å². The van der Waals surface area contributed by atoms with E-state index in [0.29, 0.717) is 48.6 Å². The minimum absolute atomic E-state index is 0.00281. The normalized spacial score (nSPS) is 37.3. The van der Waals surface area contributed by atoms with Gasteiger partial charge in [0.05, 0.1) is 0 Å². The van der Waals surface area contributed by atoms with Gasteiger partial charge in [0.2, 0.25) is 5.91 Å². The van der Waals surface area contributed by atoms with E-state index < -0.39 is 16.4 Å². The quantitative estimate of drug-likeness (QED) is 0.356. The summed E-state index contributed by atoms with van der Waals surface area (Å²) in [6.45, 7) is 9.59. The first-order valence-electron chi connectivity index (χ1n) is 13.2. The predicted octanol–water partition coefficient (Wildman–Crippen LogP) is 4.98. The summed E-state index contributed by atoms with van der Waals surface area (Å²) in [5.41, 5.74) is 1.90. The molecule has 3 fully saturated rings. The summed E-state index contributed by atoms with van der Waals surface area (Å²) < 4.78 is 36.7. The van der Waals surface area contributed by atoms with E-state index in [-0.39, 0.29) is 29.2 Å². The van der Waals surface area contributed by atoms with Crippen molar-refractivity contribution < 1.29 is 31.8 Å². The molecule has 36 heavy (non-hydrogen) atoms. The minimum Gasteiger partial charge on any atom is -0.480 e. The Hall–Kier alpha value is -1.87. The first-order valence-corrected chi connectivity index (χ1v) is 14.6. The van der Waals surface area contributed by atoms with Crippen LogP contribution in [0.15, 0.2) is 23.5 Å². The third-order valence-electron chi connectivity index (χ3n) is 10.3. The second-order valence-corrected chi connectivity index (χ2v) is 13.7. The fourth-order valence-electron chi connectivity index (χ4n) is 8.85. The number of rotatable bonds is 7. The zero-order valence-electron chi connectivity index (χ0n) is 22.0. The van der Waals surface area contributed by atoms with Crippen molar-refractivity contribution in [3.63, 3.8) is 0 Å². The molecular formula is C27H41NO7S. The highest BCUT2D eigenvalue weighted by Crippen LogP contribution is 2.69. The number of allylic oxidation sites excluding steroid dienone is 1. The number of hydrogen-bond donors (Lipinski definition) is 2. The largest absolute Gasteiger partial charge is 0.480 e. The van der Waals surface area contributed by atoms with Gasteiger partial charge in [0, 0.05) is 12.1 Å². The molecule has 4 rings (SSSR count). The average molecular weight is 524 g/mol. The smallest absolute Gasteiger partial charge is 0.445 e. The summed E-state index contributed by atoms with van der Waals surface area (Å²) in [6.07, 6.45) is 11.6. The van der Waals surface area contributed by atoms with Crippen LogP contribution in [0.5, 0.6) is 0 Å². The second-order valence-electron chi connectivity index (χ2n) is 12.7. The predicted molar refractivity (Wildman–Crippen MR) is 135 cm³/mol. The van der Waals surface area contributed by atoms with Gasteiger partial charge in [-0.2, -0.15) is 8.42 Å². The lowest BCUT2D eigenvalue weighted by Crippen LogP contribution is -2.58. The van der Waals surface area contributed by atoms with Crippen molar-refractivity contribution in [3.05, 3.63) is 23.5 Å². The van der Waals surface area contributed by atoms with Crippen LogP contribution >= 0.6 is 0 Å². The van der Waals surface area contributed by atoms with Crippen molar-refractivity contribution in [2.75, 3.05) is 13.1 Å². The van der Waals surface area contributed by atoms with E-state index in [9.17, 15) is 22.6 Å². The number of aliphatic carboxylic acids is 1. The van der Waals surface area contributed by atoms with Crippen molar-refractivity contribution >= 4 is 22.3 Å². The summed E-state index contributed by atoms with van der Waals surface area (Å²) in [5, 5.41) is 9.08. The summed E-state index contributed by atoms with van der Waals surface area (Å²) in [5.74, 6) is -0.162. The molecule has 1 aliphatic heterocycles. The lowest BCUT2D eigenvalue weighted by atomic mass is 9.39. The van der Waals surface area contributed by atoms with Crippen LogP contribution in [-0.4, -0.2) is 47.9 Å². The number of carboxylic acids is 1. The zero-order valence-corrected chi connectivity index (χ0v) is 22.8. The number of carbonyl (C=O) groups excluding carboxylic acids is 1. The minimum atomic E-state index is -4.60. The highest BCUT2D eigenvalue weighted by atomic mass is 32.3. The van der Waals surface area contributed by atoms with Gasteiger partial charge in [0.1, 0.15) is 12.8 Å². The summed E-state index contributed by atoms with van der Waals surface area (Å²) in [6, 6.07) is 0. The molecule has 3 saturated carbocycles. The lowest BCUT2D eigenvalue weighted by Gasteiger charge is -2.66. The van der Waals surface area contributed by atoms with Crippen molar-refractivity contribution in [2.24, 2.45) is 34.0 Å². The van der Waals surface area contributed by atoms with Gasteiger partial charge in [-0.1, -0.05) is 40.2 Å². The lowest BCUT2D eigenvalue weighted by molar-refractivity contribution is -0.154. The Balaban J connectivity index is 1.62. The fourth-order valence-corrected chi connectivity index (χ4v) is 9.10. The maximum Gasteiger partial charge on any atom is 0.445 e. The van der Waals surface area contributed by atoms with E-state index in [0.717, 1.165) is 24.8 Å². The number of amides is 1. The standard InChI is InChI=1S/C27H41NO7S/c1-25(2)12-5-13-27(4)21(25)10-14-26(3)20(19(7-9-22(26)27)17-35-36(32,33)34)8-6-18-11-15-28(24(18)31)16-23(29)30/h11,17,20-22H,5-10,12-16H2,1-4H3,(H,29,30)(H,32,33,34)/b19-17+/t20-,21+,22+,26+,27-/m0/s1. The van der Waals surface area contributed by atoms with Crippen LogP contribution < -0.4 is 0 Å². The molecule has 0 bridgehead atoms. The molecule has 0 aromatic heterocycles. The highest BCUT2D eigenvalue weighted by Gasteiger charge is 2.61. The molecule has 2 N–H and O–H groups in total. The van der Waals surface area contributed by atoms with Gasteiger partial charge in [-0.3, -0.25) is 14.1 Å². The zero-order chi connectivity index (χ0) is 26.5. The van der Waals surface area contributed by atoms with Crippen molar-refractivity contribution in [3.8, 4) is 0 Å². The van der Waals surface area contributed by atoms with Crippen LogP contribution in [0.25, 0.3) is 0 Å². The first kappa shape index (κ1) is 27.2. The van der Waals surface area contributed by atoms with Gasteiger partial charge in [-0.15, -0.1) is 0 Å². The third-order valence-corrected chi connectivity index (χ3v) is 10.6. The molecule has 0 unspecified atom stereocenters. The molecule has 8 nitrogen and oxygen atoms in total. The van der Waals surface area contributed by atoms with Crippen molar-refractivity contribution in [2.45, 2.75) is 85.5 Å². The number of carboxylic acid groups (broad SMARTS) is 1. The average Bonchev–Trinajstić information content (AvgIpc) is 3.08. The highest BCUT2D eigenvalue weighted by molar-refractivity contribution is 7.81. The molecule has 3 aliphatic carbocycles. The number of carbonyl (C=O) groups is 2. The summed E-state index contributed by atoms with van der Waals surface area (Å²) in [4.78, 5) is 25.2. The van der Waals surface area contributed by atoms with E-state index in [1.54, 1.807) is 0 Å². The maximum atomic E-state index is 12.8. The molecule has 4 aliphatic rings. The van der Waals surface area contributed by atoms with Crippen molar-refractivity contribution in [1.29, 1.82) is 0 Å². The van der Waals surface area contributed by atoms with Gasteiger partial charge in [0.15, 0.2) is 0 Å². The van der Waals surface area contributed by atoms with E-state index in [1.807, 2.05) is 6.08 Å². The Labute approximate surface area is 215 Å². The maximum absolute atomic E-state index is 12.8. The van der Waals surface area contributed by atoms with E-state index >= 15 is 0 Å². The number of fused-ring (bicyclic) bond motifs is 3.